The Morgan fingerprint density at radius 3 is 2.52 bits per heavy atom. The fraction of sp³-hybridized carbons (Fsp3) is 0.227. The molecule has 0 radical (unpaired) electrons. The van der Waals surface area contributed by atoms with Crippen molar-refractivity contribution in [2.75, 3.05) is 7.11 Å². The average molecular weight is 394 g/mol. The van der Waals surface area contributed by atoms with E-state index in [1.807, 2.05) is 38.1 Å². The van der Waals surface area contributed by atoms with E-state index in [2.05, 4.69) is 10.3 Å². The van der Waals surface area contributed by atoms with E-state index in [1.54, 1.807) is 24.3 Å². The van der Waals surface area contributed by atoms with Crippen molar-refractivity contribution in [2.45, 2.75) is 26.5 Å². The molecule has 1 N–H and O–H groups in total. The summed E-state index contributed by atoms with van der Waals surface area (Å²) in [7, 11) is 1.26. The summed E-state index contributed by atoms with van der Waals surface area (Å²) in [4.78, 5) is 28.6. The Labute approximate surface area is 168 Å². The number of carbonyl (C=O) groups excluding carboxylic acids is 2. The van der Waals surface area contributed by atoms with Crippen LogP contribution in [0.5, 0.6) is 5.75 Å². The number of amides is 1. The second-order valence-corrected chi connectivity index (χ2v) is 6.56. The summed E-state index contributed by atoms with van der Waals surface area (Å²) in [5, 5.41) is 2.88. The molecule has 0 aliphatic heterocycles. The lowest BCUT2D eigenvalue weighted by atomic mass is 10.0. The molecule has 0 aliphatic rings. The minimum atomic E-state index is -0.632. The molecule has 7 nitrogen and oxygen atoms in total. The van der Waals surface area contributed by atoms with Crippen LogP contribution in [0.15, 0.2) is 59.3 Å². The van der Waals surface area contributed by atoms with E-state index in [0.29, 0.717) is 17.7 Å². The molecule has 1 aromatic heterocycles. The summed E-state index contributed by atoms with van der Waals surface area (Å²) in [6.45, 7) is 4.27. The highest BCUT2D eigenvalue weighted by atomic mass is 16.5. The van der Waals surface area contributed by atoms with Gasteiger partial charge < -0.3 is 19.2 Å². The zero-order valence-electron chi connectivity index (χ0n) is 16.5. The van der Waals surface area contributed by atoms with Crippen LogP contribution in [0.3, 0.4) is 0 Å². The molecule has 7 heteroatoms. The number of carbonyl (C=O) groups is 2. The quantitative estimate of drug-likeness (QED) is 0.612. The maximum absolute atomic E-state index is 12.8. The molecule has 0 fully saturated rings. The summed E-state index contributed by atoms with van der Waals surface area (Å²) < 4.78 is 15.7. The molecule has 29 heavy (non-hydrogen) atoms. The number of methoxy groups -OCH3 is 1. The topological polar surface area (TPSA) is 90.7 Å². The third kappa shape index (κ3) is 4.82. The van der Waals surface area contributed by atoms with Crippen LogP contribution in [0.2, 0.25) is 0 Å². The number of nitrogens with zero attached hydrogens (tertiary/aromatic N) is 1. The lowest BCUT2D eigenvalue weighted by molar-refractivity contribution is 0.0595. The van der Waals surface area contributed by atoms with Gasteiger partial charge in [0.15, 0.2) is 17.8 Å². The zero-order valence-corrected chi connectivity index (χ0v) is 16.5. The Bertz CT molecular complexity index is 992. The lowest BCUT2D eigenvalue weighted by Gasteiger charge is -2.11. The summed E-state index contributed by atoms with van der Waals surface area (Å²) in [5.41, 5.74) is 1.79. The number of oxazole rings is 1. The minimum absolute atomic E-state index is 0.0218. The summed E-state index contributed by atoms with van der Waals surface area (Å²) in [6, 6.07) is 14.4. The Morgan fingerprint density at radius 2 is 1.83 bits per heavy atom. The van der Waals surface area contributed by atoms with Crippen LogP contribution in [0.4, 0.5) is 0 Å². The molecule has 0 spiro atoms. The SMILES string of the molecule is COC(=O)c1ncoc1-c1ccccc1C(=O)NCc1ccc(OC(C)C)cc1. The molecule has 0 saturated heterocycles. The van der Waals surface area contributed by atoms with Crippen molar-refractivity contribution in [1.29, 1.82) is 0 Å². The third-order valence-corrected chi connectivity index (χ3v) is 4.11. The number of nitrogens with one attached hydrogen (secondary N) is 1. The molecule has 0 bridgehead atoms. The van der Waals surface area contributed by atoms with Gasteiger partial charge in [-0.2, -0.15) is 0 Å². The van der Waals surface area contributed by atoms with Crippen LogP contribution in [0.25, 0.3) is 11.3 Å². The Kier molecular flexibility index (Phi) is 6.29. The van der Waals surface area contributed by atoms with Gasteiger partial charge in [0.05, 0.1) is 18.8 Å². The molecule has 2 aromatic carbocycles. The second kappa shape index (κ2) is 9.05. The highest BCUT2D eigenvalue weighted by molar-refractivity contribution is 6.03. The monoisotopic (exact) mass is 394 g/mol. The summed E-state index contributed by atoms with van der Waals surface area (Å²) in [5.74, 6) is 0.0434. The van der Waals surface area contributed by atoms with Crippen molar-refractivity contribution < 1.29 is 23.5 Å². The maximum Gasteiger partial charge on any atom is 0.360 e. The second-order valence-electron chi connectivity index (χ2n) is 6.56. The highest BCUT2D eigenvalue weighted by Gasteiger charge is 2.23. The maximum atomic E-state index is 12.8. The number of esters is 1. The first-order valence-electron chi connectivity index (χ1n) is 9.14. The van der Waals surface area contributed by atoms with E-state index in [0.717, 1.165) is 17.7 Å². The van der Waals surface area contributed by atoms with Crippen molar-refractivity contribution in [1.82, 2.24) is 10.3 Å². The normalized spacial score (nSPS) is 10.6. The van der Waals surface area contributed by atoms with Crippen molar-refractivity contribution in [2.24, 2.45) is 0 Å². The largest absolute Gasteiger partial charge is 0.491 e. The fourth-order valence-electron chi connectivity index (χ4n) is 2.79. The third-order valence-electron chi connectivity index (χ3n) is 4.11. The first kappa shape index (κ1) is 20.1. The van der Waals surface area contributed by atoms with Gasteiger partial charge in [0.2, 0.25) is 0 Å². The molecule has 0 aliphatic carbocycles. The molecular formula is C22H22N2O5. The highest BCUT2D eigenvalue weighted by Crippen LogP contribution is 2.27. The molecule has 0 atom stereocenters. The Balaban J connectivity index is 1.76. The zero-order chi connectivity index (χ0) is 20.8. The minimum Gasteiger partial charge on any atom is -0.491 e. The molecule has 1 heterocycles. The van der Waals surface area contributed by atoms with Crippen molar-refractivity contribution >= 4 is 11.9 Å². The number of hydrogen-bond donors (Lipinski definition) is 1. The first-order valence-corrected chi connectivity index (χ1v) is 9.14. The van der Waals surface area contributed by atoms with Gasteiger partial charge in [0.1, 0.15) is 5.75 Å². The van der Waals surface area contributed by atoms with Crippen LogP contribution in [-0.2, 0) is 11.3 Å². The molecule has 0 saturated carbocycles. The fourth-order valence-corrected chi connectivity index (χ4v) is 2.79. The predicted octanol–water partition coefficient (Wildman–Crippen LogP) is 3.85. The van der Waals surface area contributed by atoms with Crippen molar-refractivity contribution in [3.8, 4) is 17.1 Å². The van der Waals surface area contributed by atoms with Gasteiger partial charge in [-0.25, -0.2) is 9.78 Å². The number of ether oxygens (including phenoxy) is 2. The van der Waals surface area contributed by atoms with Gasteiger partial charge in [0.25, 0.3) is 5.91 Å². The number of aromatic nitrogens is 1. The van der Waals surface area contributed by atoms with E-state index < -0.39 is 5.97 Å². The van der Waals surface area contributed by atoms with Gasteiger partial charge in [0, 0.05) is 12.1 Å². The van der Waals surface area contributed by atoms with E-state index in [1.165, 1.54) is 7.11 Å². The van der Waals surface area contributed by atoms with E-state index in [4.69, 9.17) is 13.9 Å². The predicted molar refractivity (Wildman–Crippen MR) is 107 cm³/mol. The molecule has 0 unspecified atom stereocenters. The number of benzene rings is 2. The van der Waals surface area contributed by atoms with Gasteiger partial charge in [-0.3, -0.25) is 4.79 Å². The van der Waals surface area contributed by atoms with Crippen LogP contribution in [0.1, 0.15) is 40.3 Å². The van der Waals surface area contributed by atoms with E-state index >= 15 is 0 Å². The van der Waals surface area contributed by atoms with Crippen LogP contribution in [0, 0.1) is 0 Å². The molecule has 3 rings (SSSR count). The van der Waals surface area contributed by atoms with E-state index in [-0.39, 0.29) is 23.5 Å². The molecule has 3 aromatic rings. The summed E-state index contributed by atoms with van der Waals surface area (Å²) in [6.07, 6.45) is 1.25. The van der Waals surface area contributed by atoms with Crippen molar-refractivity contribution in [3.05, 3.63) is 71.7 Å². The smallest absolute Gasteiger partial charge is 0.360 e. The van der Waals surface area contributed by atoms with Crippen LogP contribution >= 0.6 is 0 Å². The molecule has 1 amide bonds. The van der Waals surface area contributed by atoms with E-state index in [9.17, 15) is 9.59 Å². The van der Waals surface area contributed by atoms with Crippen LogP contribution in [-0.4, -0.2) is 30.1 Å². The lowest BCUT2D eigenvalue weighted by Crippen LogP contribution is -2.23. The van der Waals surface area contributed by atoms with Gasteiger partial charge >= 0.3 is 5.97 Å². The molecular weight excluding hydrogens is 372 g/mol. The van der Waals surface area contributed by atoms with Gasteiger partial charge in [-0.1, -0.05) is 30.3 Å². The standard InChI is InChI=1S/C22H22N2O5/c1-14(2)29-16-10-8-15(9-11-16)12-23-21(25)18-7-5-4-6-17(18)20-19(22(26)27-3)24-13-28-20/h4-11,13-14H,12H2,1-3H3,(H,23,25). The Morgan fingerprint density at radius 1 is 1.10 bits per heavy atom. The van der Waals surface area contributed by atoms with Crippen molar-refractivity contribution in [3.63, 3.8) is 0 Å². The van der Waals surface area contributed by atoms with Gasteiger partial charge in [-0.05, 0) is 37.6 Å². The number of hydrogen-bond acceptors (Lipinski definition) is 6. The Hall–Kier alpha value is -3.61. The van der Waals surface area contributed by atoms with Gasteiger partial charge in [-0.15, -0.1) is 0 Å². The number of rotatable bonds is 7. The average Bonchev–Trinajstić information content (AvgIpc) is 3.22. The first-order chi connectivity index (χ1) is 14.0. The summed E-state index contributed by atoms with van der Waals surface area (Å²) >= 11 is 0. The van der Waals surface area contributed by atoms with Crippen LogP contribution < -0.4 is 10.1 Å². The molecule has 150 valence electrons.